The molecule has 1 fully saturated rings. The van der Waals surface area contributed by atoms with Crippen molar-refractivity contribution in [2.24, 2.45) is 0 Å². The summed E-state index contributed by atoms with van der Waals surface area (Å²) in [6, 6.07) is 7.59. The third-order valence-corrected chi connectivity index (χ3v) is 4.61. The van der Waals surface area contributed by atoms with Gasteiger partial charge < -0.3 is 14.2 Å². The van der Waals surface area contributed by atoms with Crippen LogP contribution in [0.3, 0.4) is 0 Å². The van der Waals surface area contributed by atoms with E-state index in [4.69, 9.17) is 20.9 Å². The Labute approximate surface area is 145 Å². The van der Waals surface area contributed by atoms with Crippen LogP contribution in [0.1, 0.15) is 44.2 Å². The summed E-state index contributed by atoms with van der Waals surface area (Å²) >= 11 is 5.95. The molecule has 0 bridgehead atoms. The van der Waals surface area contributed by atoms with E-state index in [9.17, 15) is 4.79 Å². The molecule has 128 valence electrons. The Kier molecular flexibility index (Phi) is 4.60. The van der Waals surface area contributed by atoms with Gasteiger partial charge in [0.05, 0.1) is 18.6 Å². The predicted molar refractivity (Wildman–Crippen MR) is 88.8 cm³/mol. The van der Waals surface area contributed by atoms with Crippen LogP contribution in [0.2, 0.25) is 5.02 Å². The Morgan fingerprint density at radius 3 is 2.71 bits per heavy atom. The molecule has 7 heteroatoms. The second kappa shape index (κ2) is 6.53. The number of nitrogens with zero attached hydrogens (tertiary/aromatic N) is 3. The summed E-state index contributed by atoms with van der Waals surface area (Å²) in [6.07, 6.45) is -0.384. The van der Waals surface area contributed by atoms with E-state index >= 15 is 0 Å². The molecule has 1 unspecified atom stereocenters. The van der Waals surface area contributed by atoms with E-state index in [1.807, 2.05) is 38.1 Å². The molecule has 0 saturated carbocycles. The Bertz CT molecular complexity index is 727. The molecule has 1 saturated heterocycles. The Hall–Kier alpha value is -1.92. The number of amides is 1. The monoisotopic (exact) mass is 349 g/mol. The number of aromatic nitrogens is 2. The van der Waals surface area contributed by atoms with E-state index in [0.717, 1.165) is 5.56 Å². The normalized spacial score (nSPS) is 18.7. The number of ether oxygens (including phenoxy) is 1. The van der Waals surface area contributed by atoms with Gasteiger partial charge in [0, 0.05) is 18.5 Å². The van der Waals surface area contributed by atoms with E-state index in [1.54, 1.807) is 11.8 Å². The maximum atomic E-state index is 11.5. The van der Waals surface area contributed by atoms with Crippen LogP contribution in [0, 0.1) is 0 Å². The van der Waals surface area contributed by atoms with E-state index in [0.29, 0.717) is 36.4 Å². The zero-order valence-electron chi connectivity index (χ0n) is 14.0. The third-order valence-electron chi connectivity index (χ3n) is 4.35. The number of carbonyl (C=O) groups excluding carboxylic acids is 1. The first-order chi connectivity index (χ1) is 11.4. The van der Waals surface area contributed by atoms with Gasteiger partial charge in [0.2, 0.25) is 5.91 Å². The highest BCUT2D eigenvalue weighted by molar-refractivity contribution is 6.30. The number of hydrogen-bond donors (Lipinski definition) is 0. The Morgan fingerprint density at radius 1 is 1.33 bits per heavy atom. The first-order valence-electron chi connectivity index (χ1n) is 7.85. The van der Waals surface area contributed by atoms with Crippen molar-refractivity contribution in [3.63, 3.8) is 0 Å². The zero-order chi connectivity index (χ0) is 17.3. The standard InChI is InChI=1S/C17H20ClN3O3/c1-11(22)21-8-9-23-14(10-21)15-19-16(20-24-15)17(2,3)12-4-6-13(18)7-5-12/h4-7,14H,8-10H2,1-3H3. The van der Waals surface area contributed by atoms with Crippen molar-refractivity contribution >= 4 is 17.5 Å². The summed E-state index contributed by atoms with van der Waals surface area (Å²) in [5, 5.41) is 4.81. The smallest absolute Gasteiger partial charge is 0.257 e. The predicted octanol–water partition coefficient (Wildman–Crippen LogP) is 2.97. The van der Waals surface area contributed by atoms with Crippen molar-refractivity contribution in [3.05, 3.63) is 46.6 Å². The first kappa shape index (κ1) is 16.9. The number of benzene rings is 1. The van der Waals surface area contributed by atoms with E-state index < -0.39 is 5.41 Å². The van der Waals surface area contributed by atoms with E-state index in [1.165, 1.54) is 0 Å². The fourth-order valence-electron chi connectivity index (χ4n) is 2.70. The zero-order valence-corrected chi connectivity index (χ0v) is 14.7. The van der Waals surface area contributed by atoms with E-state index in [-0.39, 0.29) is 12.0 Å². The summed E-state index contributed by atoms with van der Waals surface area (Å²) in [6.45, 7) is 7.07. The minimum atomic E-state index is -0.429. The lowest BCUT2D eigenvalue weighted by Gasteiger charge is -2.30. The van der Waals surface area contributed by atoms with Gasteiger partial charge in [-0.1, -0.05) is 28.9 Å². The largest absolute Gasteiger partial charge is 0.365 e. The van der Waals surface area contributed by atoms with Crippen LogP contribution in [0.4, 0.5) is 0 Å². The minimum Gasteiger partial charge on any atom is -0.365 e. The minimum absolute atomic E-state index is 0.0181. The van der Waals surface area contributed by atoms with Gasteiger partial charge >= 0.3 is 0 Å². The number of morpholine rings is 1. The number of rotatable bonds is 3. The number of hydrogen-bond acceptors (Lipinski definition) is 5. The topological polar surface area (TPSA) is 68.5 Å². The van der Waals surface area contributed by atoms with Gasteiger partial charge in [-0.25, -0.2) is 0 Å². The molecule has 1 aliphatic heterocycles. The molecule has 1 aromatic heterocycles. The van der Waals surface area contributed by atoms with Crippen LogP contribution >= 0.6 is 11.6 Å². The van der Waals surface area contributed by atoms with Crippen LogP contribution in [0.5, 0.6) is 0 Å². The Balaban J connectivity index is 1.82. The van der Waals surface area contributed by atoms with Crippen molar-refractivity contribution in [1.29, 1.82) is 0 Å². The molecule has 6 nitrogen and oxygen atoms in total. The molecule has 1 amide bonds. The van der Waals surface area contributed by atoms with Crippen molar-refractivity contribution in [2.45, 2.75) is 32.3 Å². The SMILES string of the molecule is CC(=O)N1CCOC(c2nc(C(C)(C)c3ccc(Cl)cc3)no2)C1. The fourth-order valence-corrected chi connectivity index (χ4v) is 2.83. The average molecular weight is 350 g/mol. The number of carbonyl (C=O) groups is 1. The molecule has 0 aliphatic carbocycles. The van der Waals surface area contributed by atoms with Gasteiger partial charge in [0.15, 0.2) is 11.9 Å². The quantitative estimate of drug-likeness (QED) is 0.852. The summed E-state index contributed by atoms with van der Waals surface area (Å²) in [5.74, 6) is 0.992. The third kappa shape index (κ3) is 3.30. The fraction of sp³-hybridized carbons (Fsp3) is 0.471. The molecule has 1 aliphatic rings. The van der Waals surface area contributed by atoms with Gasteiger partial charge in [-0.15, -0.1) is 0 Å². The molecule has 1 atom stereocenters. The highest BCUT2D eigenvalue weighted by atomic mass is 35.5. The maximum absolute atomic E-state index is 11.5. The summed E-state index contributed by atoms with van der Waals surface area (Å²) in [7, 11) is 0. The second-order valence-corrected chi connectivity index (χ2v) is 6.85. The lowest BCUT2D eigenvalue weighted by atomic mass is 9.84. The first-order valence-corrected chi connectivity index (χ1v) is 8.23. The highest BCUT2D eigenvalue weighted by Crippen LogP contribution is 2.31. The molecule has 2 heterocycles. The molecule has 3 rings (SSSR count). The molecule has 24 heavy (non-hydrogen) atoms. The maximum Gasteiger partial charge on any atom is 0.257 e. The summed E-state index contributed by atoms with van der Waals surface area (Å²) < 4.78 is 11.1. The summed E-state index contributed by atoms with van der Waals surface area (Å²) in [5.41, 5.74) is 0.607. The lowest BCUT2D eigenvalue weighted by molar-refractivity contribution is -0.137. The highest BCUT2D eigenvalue weighted by Gasteiger charge is 2.33. The summed E-state index contributed by atoms with van der Waals surface area (Å²) in [4.78, 5) is 17.8. The van der Waals surface area contributed by atoms with E-state index in [2.05, 4.69) is 10.1 Å². The number of halogens is 1. The average Bonchev–Trinajstić information content (AvgIpc) is 3.06. The van der Waals surface area contributed by atoms with Crippen molar-refractivity contribution in [3.8, 4) is 0 Å². The van der Waals surface area contributed by atoms with Crippen LogP contribution < -0.4 is 0 Å². The van der Waals surface area contributed by atoms with Crippen LogP contribution in [-0.2, 0) is 14.9 Å². The van der Waals surface area contributed by atoms with Crippen molar-refractivity contribution < 1.29 is 14.1 Å². The van der Waals surface area contributed by atoms with Crippen molar-refractivity contribution in [1.82, 2.24) is 15.0 Å². The van der Waals surface area contributed by atoms with Gasteiger partial charge in [0.1, 0.15) is 0 Å². The van der Waals surface area contributed by atoms with Crippen LogP contribution in [-0.4, -0.2) is 40.6 Å². The lowest BCUT2D eigenvalue weighted by Crippen LogP contribution is -2.41. The van der Waals surface area contributed by atoms with Gasteiger partial charge in [0.25, 0.3) is 5.89 Å². The van der Waals surface area contributed by atoms with Gasteiger partial charge in [-0.05, 0) is 31.5 Å². The van der Waals surface area contributed by atoms with Gasteiger partial charge in [-0.2, -0.15) is 4.98 Å². The Morgan fingerprint density at radius 2 is 2.04 bits per heavy atom. The molecule has 0 spiro atoms. The molecule has 1 aromatic carbocycles. The van der Waals surface area contributed by atoms with Crippen LogP contribution in [0.25, 0.3) is 0 Å². The second-order valence-electron chi connectivity index (χ2n) is 6.41. The molecule has 2 aromatic rings. The van der Waals surface area contributed by atoms with Crippen molar-refractivity contribution in [2.75, 3.05) is 19.7 Å². The molecular formula is C17H20ClN3O3. The molecular weight excluding hydrogens is 330 g/mol. The molecule has 0 N–H and O–H groups in total. The van der Waals surface area contributed by atoms with Gasteiger partial charge in [-0.3, -0.25) is 4.79 Å². The molecule has 0 radical (unpaired) electrons. The van der Waals surface area contributed by atoms with Crippen LogP contribution in [0.15, 0.2) is 28.8 Å².